The zero-order valence-corrected chi connectivity index (χ0v) is 13.3. The summed E-state index contributed by atoms with van der Waals surface area (Å²) in [7, 11) is -1.29. The Morgan fingerprint density at radius 3 is 2.43 bits per heavy atom. The summed E-state index contributed by atoms with van der Waals surface area (Å²) in [6.07, 6.45) is 0. The largest absolute Gasteiger partial charge is 0.465 e. The molecule has 0 fully saturated rings. The van der Waals surface area contributed by atoms with E-state index < -0.39 is 21.6 Å². The Morgan fingerprint density at radius 2 is 2.00 bits per heavy atom. The molecule has 1 rings (SSSR count). The number of benzene rings is 1. The Hall–Kier alpha value is -1.64. The summed E-state index contributed by atoms with van der Waals surface area (Å²) in [5.41, 5.74) is 4.66. The Labute approximate surface area is 124 Å². The van der Waals surface area contributed by atoms with Gasteiger partial charge in [-0.2, -0.15) is 4.31 Å². The predicted octanol–water partition coefficient (Wildman–Crippen LogP) is 0.447. The minimum atomic E-state index is -3.86. The van der Waals surface area contributed by atoms with Crippen molar-refractivity contribution in [2.75, 3.05) is 26.4 Å². The minimum Gasteiger partial charge on any atom is -0.465 e. The molecule has 118 valence electrons. The summed E-state index contributed by atoms with van der Waals surface area (Å²) in [5, 5.41) is 9.72. The lowest BCUT2D eigenvalue weighted by atomic mass is 10.1. The van der Waals surface area contributed by atoms with E-state index in [1.807, 2.05) is 0 Å². The van der Waals surface area contributed by atoms with Gasteiger partial charge in [0.1, 0.15) is 4.90 Å². The Balaban J connectivity index is 3.18. The molecular formula is C13H20N2O5S. The van der Waals surface area contributed by atoms with Gasteiger partial charge in [0.25, 0.3) is 0 Å². The number of hydrogen-bond donors (Lipinski definition) is 2. The van der Waals surface area contributed by atoms with Gasteiger partial charge in [-0.25, -0.2) is 13.2 Å². The number of carbonyl (C=O) groups is 1. The highest BCUT2D eigenvalue weighted by molar-refractivity contribution is 7.89. The number of anilines is 1. The number of esters is 1. The Kier molecular flexibility index (Phi) is 4.98. The molecule has 0 atom stereocenters. The molecule has 0 aliphatic heterocycles. The highest BCUT2D eigenvalue weighted by atomic mass is 32.2. The van der Waals surface area contributed by atoms with E-state index in [1.54, 1.807) is 0 Å². The summed E-state index contributed by atoms with van der Waals surface area (Å²) >= 11 is 0. The van der Waals surface area contributed by atoms with Gasteiger partial charge in [0.15, 0.2) is 0 Å². The number of carbonyl (C=O) groups excluding carboxylic acids is 1. The van der Waals surface area contributed by atoms with E-state index in [4.69, 9.17) is 5.73 Å². The maximum absolute atomic E-state index is 12.4. The molecule has 3 N–H and O–H groups in total. The topological polar surface area (TPSA) is 110 Å². The second-order valence-electron chi connectivity index (χ2n) is 5.32. The van der Waals surface area contributed by atoms with Crippen molar-refractivity contribution in [3.63, 3.8) is 0 Å². The number of nitrogens with two attached hydrogens (primary N) is 1. The third kappa shape index (κ3) is 4.16. The Bertz CT molecular complexity index is 634. The molecule has 1 aromatic carbocycles. The number of likely N-dealkylation sites (N-methyl/N-ethyl adjacent to an activating group) is 1. The van der Waals surface area contributed by atoms with Gasteiger partial charge in [0.2, 0.25) is 10.0 Å². The van der Waals surface area contributed by atoms with E-state index in [-0.39, 0.29) is 22.7 Å². The SMILES string of the molecule is COC(=O)c1ccc(S(=O)(=O)N(C)CC(C)(C)O)c(N)c1. The molecule has 0 radical (unpaired) electrons. The highest BCUT2D eigenvalue weighted by Crippen LogP contribution is 2.24. The lowest BCUT2D eigenvalue weighted by molar-refractivity contribution is 0.0600. The molecule has 0 saturated carbocycles. The first-order valence-electron chi connectivity index (χ1n) is 6.15. The van der Waals surface area contributed by atoms with Gasteiger partial charge in [0.05, 0.1) is 24.0 Å². The molecule has 21 heavy (non-hydrogen) atoms. The van der Waals surface area contributed by atoms with Crippen LogP contribution < -0.4 is 5.73 Å². The van der Waals surface area contributed by atoms with Crippen LogP contribution in [0.1, 0.15) is 24.2 Å². The van der Waals surface area contributed by atoms with Gasteiger partial charge in [-0.3, -0.25) is 0 Å². The van der Waals surface area contributed by atoms with E-state index >= 15 is 0 Å². The van der Waals surface area contributed by atoms with Crippen LogP contribution in [0, 0.1) is 0 Å². The first-order valence-corrected chi connectivity index (χ1v) is 7.59. The van der Waals surface area contributed by atoms with Crippen molar-refractivity contribution in [3.05, 3.63) is 23.8 Å². The van der Waals surface area contributed by atoms with Gasteiger partial charge >= 0.3 is 5.97 Å². The van der Waals surface area contributed by atoms with Crippen molar-refractivity contribution < 1.29 is 23.1 Å². The molecule has 1 aromatic rings. The summed E-state index contributed by atoms with van der Waals surface area (Å²) in [6.45, 7) is 2.92. The van der Waals surface area contributed by atoms with Crippen molar-refractivity contribution in [1.82, 2.24) is 4.31 Å². The maximum atomic E-state index is 12.4. The molecule has 0 aliphatic carbocycles. The molecular weight excluding hydrogens is 296 g/mol. The van der Waals surface area contributed by atoms with Crippen molar-refractivity contribution in [1.29, 1.82) is 0 Å². The minimum absolute atomic E-state index is 0.0551. The molecule has 8 heteroatoms. The third-order valence-electron chi connectivity index (χ3n) is 2.73. The maximum Gasteiger partial charge on any atom is 0.337 e. The molecule has 0 amide bonds. The quantitative estimate of drug-likeness (QED) is 0.603. The summed E-state index contributed by atoms with van der Waals surface area (Å²) < 4.78 is 30.4. The molecule has 0 heterocycles. The van der Waals surface area contributed by atoms with Crippen molar-refractivity contribution in [2.24, 2.45) is 0 Å². The number of aliphatic hydroxyl groups is 1. The van der Waals surface area contributed by atoms with Crippen LogP contribution in [0.25, 0.3) is 0 Å². The number of ether oxygens (including phenoxy) is 1. The second kappa shape index (κ2) is 6.00. The number of nitrogens with zero attached hydrogens (tertiary/aromatic N) is 1. The Morgan fingerprint density at radius 1 is 1.43 bits per heavy atom. The molecule has 0 unspecified atom stereocenters. The van der Waals surface area contributed by atoms with E-state index in [9.17, 15) is 18.3 Å². The third-order valence-corrected chi connectivity index (χ3v) is 4.61. The average Bonchev–Trinajstić information content (AvgIpc) is 2.35. The molecule has 0 aromatic heterocycles. The lowest BCUT2D eigenvalue weighted by Crippen LogP contribution is -2.39. The van der Waals surface area contributed by atoms with Crippen molar-refractivity contribution in [2.45, 2.75) is 24.3 Å². The van der Waals surface area contributed by atoms with Gasteiger partial charge in [0, 0.05) is 13.6 Å². The molecule has 7 nitrogen and oxygen atoms in total. The predicted molar refractivity (Wildman–Crippen MR) is 78.3 cm³/mol. The van der Waals surface area contributed by atoms with Crippen molar-refractivity contribution in [3.8, 4) is 0 Å². The van der Waals surface area contributed by atoms with Gasteiger partial charge in [-0.05, 0) is 32.0 Å². The smallest absolute Gasteiger partial charge is 0.337 e. The van der Waals surface area contributed by atoms with E-state index in [0.29, 0.717) is 0 Å². The van der Waals surface area contributed by atoms with Crippen LogP contribution in [0.5, 0.6) is 0 Å². The van der Waals surface area contributed by atoms with Crippen LogP contribution in [0.3, 0.4) is 0 Å². The number of nitrogen functional groups attached to an aromatic ring is 1. The summed E-state index contributed by atoms with van der Waals surface area (Å²) in [5.74, 6) is -0.601. The number of rotatable bonds is 5. The number of hydrogen-bond acceptors (Lipinski definition) is 6. The highest BCUT2D eigenvalue weighted by Gasteiger charge is 2.28. The van der Waals surface area contributed by atoms with Gasteiger partial charge in [-0.1, -0.05) is 0 Å². The fourth-order valence-electron chi connectivity index (χ4n) is 1.83. The van der Waals surface area contributed by atoms with Crippen molar-refractivity contribution >= 4 is 21.7 Å². The molecule has 0 spiro atoms. The first-order chi connectivity index (χ1) is 9.49. The second-order valence-corrected chi connectivity index (χ2v) is 7.33. The summed E-state index contributed by atoms with van der Waals surface area (Å²) in [4.78, 5) is 11.3. The van der Waals surface area contributed by atoms with E-state index in [2.05, 4.69) is 4.74 Å². The average molecular weight is 316 g/mol. The monoisotopic (exact) mass is 316 g/mol. The molecule has 0 saturated heterocycles. The zero-order valence-electron chi connectivity index (χ0n) is 12.5. The normalized spacial score (nSPS) is 12.5. The van der Waals surface area contributed by atoms with Crippen LogP contribution in [0.4, 0.5) is 5.69 Å². The van der Waals surface area contributed by atoms with Gasteiger partial charge in [-0.15, -0.1) is 0 Å². The van der Waals surface area contributed by atoms with Crippen LogP contribution in [-0.2, 0) is 14.8 Å². The zero-order chi connectivity index (χ0) is 16.4. The van der Waals surface area contributed by atoms with Crippen LogP contribution in [0.2, 0.25) is 0 Å². The van der Waals surface area contributed by atoms with E-state index in [1.165, 1.54) is 46.2 Å². The van der Waals surface area contributed by atoms with Gasteiger partial charge < -0.3 is 15.6 Å². The van der Waals surface area contributed by atoms with Crippen LogP contribution >= 0.6 is 0 Å². The lowest BCUT2D eigenvalue weighted by Gasteiger charge is -2.25. The molecule has 0 bridgehead atoms. The van der Waals surface area contributed by atoms with Crippen LogP contribution in [-0.4, -0.2) is 50.1 Å². The van der Waals surface area contributed by atoms with E-state index in [0.717, 1.165) is 4.31 Å². The molecule has 0 aliphatic rings. The fourth-order valence-corrected chi connectivity index (χ4v) is 3.24. The standard InChI is InChI=1S/C13H20N2O5S/c1-13(2,17)8-15(3)21(18,19)11-6-5-9(7-10(11)14)12(16)20-4/h5-7,17H,8,14H2,1-4H3. The van der Waals surface area contributed by atoms with Crippen LogP contribution in [0.15, 0.2) is 23.1 Å². The first kappa shape index (κ1) is 17.4. The fraction of sp³-hybridized carbons (Fsp3) is 0.462. The summed E-state index contributed by atoms with van der Waals surface area (Å²) in [6, 6.07) is 3.82. The number of methoxy groups -OCH3 is 1. The number of sulfonamides is 1.